The summed E-state index contributed by atoms with van der Waals surface area (Å²) in [5, 5.41) is 6.39. The third-order valence-corrected chi connectivity index (χ3v) is 14.2. The van der Waals surface area contributed by atoms with Crippen LogP contribution in [0.2, 0.25) is 39.3 Å². The molecule has 0 aliphatic rings. The van der Waals surface area contributed by atoms with E-state index in [1.54, 1.807) is 26.3 Å². The Morgan fingerprint density at radius 3 is 1.22 bits per heavy atom. The molecule has 0 heterocycles. The molecule has 0 saturated heterocycles. The van der Waals surface area contributed by atoms with Crippen molar-refractivity contribution >= 4 is 45.7 Å². The molecule has 3 aromatic rings. The molecule has 0 aliphatic heterocycles. The zero-order valence-electron chi connectivity index (χ0n) is 25.7. The van der Waals surface area contributed by atoms with Crippen molar-refractivity contribution in [1.29, 1.82) is 0 Å². The number of hydrogen-bond donors (Lipinski definition) is 0. The summed E-state index contributed by atoms with van der Waals surface area (Å²) in [5.41, 5.74) is 10.5. The minimum Gasteiger partial charge on any atom is -0.358 e. The van der Waals surface area contributed by atoms with E-state index >= 15 is 0 Å². The molecule has 0 saturated carbocycles. The molecule has 0 aliphatic carbocycles. The Kier molecular flexibility index (Phi) is 12.5. The van der Waals surface area contributed by atoms with E-state index in [4.69, 9.17) is 0 Å². The minimum absolute atomic E-state index is 0. The molecule has 0 aromatic heterocycles. The number of hydrogen-bond acceptors (Lipinski definition) is 0. The Bertz CT molecular complexity index is 1080. The molecule has 0 bridgehead atoms. The summed E-state index contributed by atoms with van der Waals surface area (Å²) in [4.78, 5) is 0. The summed E-state index contributed by atoms with van der Waals surface area (Å²) < 4.78 is 0. The first-order valence-corrected chi connectivity index (χ1v) is 21.1. The van der Waals surface area contributed by atoms with Crippen molar-refractivity contribution in [3.8, 4) is 0 Å². The second kappa shape index (κ2) is 12.8. The Morgan fingerprint density at radius 2 is 0.917 bits per heavy atom. The third-order valence-electron chi connectivity index (χ3n) is 7.53. The van der Waals surface area contributed by atoms with Gasteiger partial charge in [-0.05, 0) is 13.8 Å². The molecule has 0 nitrogen and oxygen atoms in total. The first kappa shape index (κ1) is 35.2. The van der Waals surface area contributed by atoms with Gasteiger partial charge in [0.2, 0.25) is 0 Å². The van der Waals surface area contributed by atoms with Gasteiger partial charge in [-0.3, -0.25) is 0 Å². The summed E-state index contributed by atoms with van der Waals surface area (Å²) in [7, 11) is -3.74. The smallest absolute Gasteiger partial charge is 0.358 e. The Balaban J connectivity index is 0.00000408. The van der Waals surface area contributed by atoms with E-state index in [-0.39, 0.29) is 36.6 Å². The molecule has 0 fully saturated rings. The number of benzene rings is 2. The molecule has 194 valence electrons. The molecule has 3 aromatic carbocycles. The maximum Gasteiger partial charge on any atom is 3.00 e. The van der Waals surface area contributed by atoms with Crippen molar-refractivity contribution in [3.05, 3.63) is 90.2 Å². The van der Waals surface area contributed by atoms with Gasteiger partial charge in [-0.25, -0.2) is 0 Å². The Morgan fingerprint density at radius 1 is 0.583 bits per heavy atom. The van der Waals surface area contributed by atoms with Crippen molar-refractivity contribution in [2.75, 3.05) is 0 Å². The normalized spacial score (nSPS) is 11.6. The van der Waals surface area contributed by atoms with Gasteiger partial charge in [-0.2, -0.15) is 27.8 Å². The van der Waals surface area contributed by atoms with Gasteiger partial charge in [0, 0.05) is 0 Å². The molecule has 0 N–H and O–H groups in total. The standard InChI is InChI=1S/C30H44Si3.2CH3.Ti/c1-20-13-26(17-28(15-20)32(7,8)9)31(19-30-24(5)22(3)23(4)25(30)6)27-14-21(2)16-29(18-27)33(10,11)12;;;/h13-18H,19H2,1-12H3;2*1H3;/q3*-1;+3. The van der Waals surface area contributed by atoms with Crippen LogP contribution in [0.1, 0.15) is 38.9 Å². The van der Waals surface area contributed by atoms with Gasteiger partial charge in [-0.1, -0.05) is 141 Å². The summed E-state index contributed by atoms with van der Waals surface area (Å²) in [5.74, 6) is 0. The van der Waals surface area contributed by atoms with E-state index in [0.29, 0.717) is 0 Å². The number of aryl methyl sites for hydroxylation is 2. The quantitative estimate of drug-likeness (QED) is 0.232. The van der Waals surface area contributed by atoms with E-state index in [0.717, 1.165) is 0 Å². The van der Waals surface area contributed by atoms with Gasteiger partial charge >= 0.3 is 21.7 Å². The van der Waals surface area contributed by atoms with Crippen molar-refractivity contribution in [3.63, 3.8) is 0 Å². The summed E-state index contributed by atoms with van der Waals surface area (Å²) in [6.07, 6.45) is 0. The second-order valence-electron chi connectivity index (χ2n) is 12.3. The molecule has 0 unspecified atom stereocenters. The van der Waals surface area contributed by atoms with Crippen molar-refractivity contribution in [1.82, 2.24) is 0 Å². The predicted octanol–water partition coefficient (Wildman–Crippen LogP) is 6.64. The largest absolute Gasteiger partial charge is 3.00 e. The molecule has 2 radical (unpaired) electrons. The van der Waals surface area contributed by atoms with Crippen molar-refractivity contribution in [2.45, 2.75) is 86.9 Å². The molecular formula is C32H50Si3Ti. The predicted molar refractivity (Wildman–Crippen MR) is 171 cm³/mol. The molecule has 36 heavy (non-hydrogen) atoms. The van der Waals surface area contributed by atoms with E-state index in [9.17, 15) is 0 Å². The fourth-order valence-corrected chi connectivity index (χ4v) is 10.8. The van der Waals surface area contributed by atoms with Crippen LogP contribution in [0.3, 0.4) is 0 Å². The SMILES string of the molecule is Cc1cc([Si](C[c-]2c(C)c(C)c(C)c2C)c2cc(C)cc([Si](C)(C)C)c2)cc([Si](C)(C)C)c1.[CH3-].[CH3-].[Ti+3]. The van der Waals surface area contributed by atoms with Gasteiger partial charge in [-0.15, -0.1) is 0 Å². The van der Waals surface area contributed by atoms with Gasteiger partial charge in [0.1, 0.15) is 8.80 Å². The van der Waals surface area contributed by atoms with Crippen LogP contribution in [0.15, 0.2) is 36.4 Å². The van der Waals surface area contributed by atoms with Crippen molar-refractivity contribution < 1.29 is 21.7 Å². The van der Waals surface area contributed by atoms with Crippen LogP contribution >= 0.6 is 0 Å². The topological polar surface area (TPSA) is 0 Å². The first-order valence-electron chi connectivity index (χ1n) is 12.4. The maximum absolute atomic E-state index is 2.59. The summed E-state index contributed by atoms with van der Waals surface area (Å²) in [6, 6.07) is 16.3. The summed E-state index contributed by atoms with van der Waals surface area (Å²) >= 11 is 0. The molecular weight excluding hydrogens is 516 g/mol. The van der Waals surface area contributed by atoms with Crippen LogP contribution in [0, 0.1) is 56.4 Å². The molecule has 0 spiro atoms. The van der Waals surface area contributed by atoms with E-state index in [1.807, 2.05) is 0 Å². The van der Waals surface area contributed by atoms with E-state index in [2.05, 4.69) is 117 Å². The number of rotatable bonds is 6. The van der Waals surface area contributed by atoms with Crippen LogP contribution < -0.4 is 20.7 Å². The summed E-state index contributed by atoms with van der Waals surface area (Å²) in [6.45, 7) is 28.8. The van der Waals surface area contributed by atoms with Crippen LogP contribution in [-0.4, -0.2) is 24.9 Å². The zero-order valence-corrected chi connectivity index (χ0v) is 30.2. The monoisotopic (exact) mass is 566 g/mol. The Hall–Kier alpha value is -0.845. The minimum atomic E-state index is -1.39. The molecule has 0 amide bonds. The van der Waals surface area contributed by atoms with Gasteiger partial charge in [0.15, 0.2) is 0 Å². The Labute approximate surface area is 243 Å². The average molecular weight is 567 g/mol. The zero-order chi connectivity index (χ0) is 24.9. The molecule has 4 heteroatoms. The maximum atomic E-state index is 2.59. The van der Waals surface area contributed by atoms with Crippen molar-refractivity contribution in [2.24, 2.45) is 0 Å². The molecule has 0 atom stereocenters. The van der Waals surface area contributed by atoms with Crippen LogP contribution in [0.25, 0.3) is 0 Å². The molecule has 3 rings (SSSR count). The fraction of sp³-hybridized carbons (Fsp3) is 0.406. The van der Waals surface area contributed by atoms with Crippen LogP contribution in [0.4, 0.5) is 0 Å². The van der Waals surface area contributed by atoms with Crippen LogP contribution in [-0.2, 0) is 27.8 Å². The first-order chi connectivity index (χ1) is 15.1. The second-order valence-corrected chi connectivity index (χ2v) is 24.9. The van der Waals surface area contributed by atoms with E-state index in [1.165, 1.54) is 39.4 Å². The van der Waals surface area contributed by atoms with Gasteiger partial charge < -0.3 is 14.9 Å². The fourth-order valence-electron chi connectivity index (χ4n) is 4.89. The van der Waals surface area contributed by atoms with Crippen LogP contribution in [0.5, 0.6) is 0 Å². The van der Waals surface area contributed by atoms with Gasteiger partial charge in [0.25, 0.3) is 0 Å². The average Bonchev–Trinajstić information content (AvgIpc) is 2.87. The van der Waals surface area contributed by atoms with Gasteiger partial charge in [0.05, 0.1) is 16.1 Å². The van der Waals surface area contributed by atoms with E-state index < -0.39 is 24.9 Å². The third kappa shape index (κ3) is 7.60.